The van der Waals surface area contributed by atoms with Crippen LogP contribution in [0.15, 0.2) is 12.3 Å². The van der Waals surface area contributed by atoms with Crippen molar-refractivity contribution in [3.63, 3.8) is 0 Å². The molecule has 0 bridgehead atoms. The molecule has 1 fully saturated rings. The number of nitrogens with two attached hydrogens (primary N) is 2. The van der Waals surface area contributed by atoms with Crippen LogP contribution in [0.4, 0.5) is 16.6 Å². The lowest BCUT2D eigenvalue weighted by atomic mass is 10.2. The van der Waals surface area contributed by atoms with Crippen molar-refractivity contribution in [3.05, 3.63) is 23.7 Å². The first-order chi connectivity index (χ1) is 10.9. The van der Waals surface area contributed by atoms with Gasteiger partial charge in [0, 0.05) is 0 Å². The summed E-state index contributed by atoms with van der Waals surface area (Å²) in [5, 5.41) is 6.65. The summed E-state index contributed by atoms with van der Waals surface area (Å²) < 4.78 is 4.14. The molecule has 10 heteroatoms. The van der Waals surface area contributed by atoms with Crippen molar-refractivity contribution in [2.75, 3.05) is 10.6 Å². The number of aryl methyl sites for hydroxylation is 1. The van der Waals surface area contributed by atoms with Gasteiger partial charge in [-0.1, -0.05) is 0 Å². The number of hydrogen-bond acceptors (Lipinski definition) is 8. The van der Waals surface area contributed by atoms with Crippen LogP contribution in [-0.4, -0.2) is 31.7 Å². The molecule has 3 rings (SSSR count). The normalized spacial score (nSPS) is 15.0. The van der Waals surface area contributed by atoms with Crippen LogP contribution in [0.2, 0.25) is 0 Å². The first kappa shape index (κ1) is 15.2. The summed E-state index contributed by atoms with van der Waals surface area (Å²) in [5.74, 6) is -0.601. The lowest BCUT2D eigenvalue weighted by Gasteiger charge is -2.15. The Morgan fingerprint density at radius 3 is 2.61 bits per heavy atom. The SMILES string of the molecule is Cc1cc(Nc2nc(NC3(C(N)=O)CC3)cnc2C(N)=O)sn1. The molecular weight excluding hydrogens is 318 g/mol. The molecule has 2 aromatic rings. The van der Waals surface area contributed by atoms with Gasteiger partial charge >= 0.3 is 0 Å². The van der Waals surface area contributed by atoms with E-state index in [9.17, 15) is 9.59 Å². The number of aromatic nitrogens is 3. The zero-order valence-electron chi connectivity index (χ0n) is 12.3. The molecule has 0 radical (unpaired) electrons. The number of nitrogens with zero attached hydrogens (tertiary/aromatic N) is 3. The molecule has 1 saturated carbocycles. The second kappa shape index (κ2) is 5.47. The smallest absolute Gasteiger partial charge is 0.271 e. The summed E-state index contributed by atoms with van der Waals surface area (Å²) in [4.78, 5) is 31.3. The molecule has 6 N–H and O–H groups in total. The van der Waals surface area contributed by atoms with Gasteiger partial charge in [-0.2, -0.15) is 4.37 Å². The highest BCUT2D eigenvalue weighted by Gasteiger charge is 2.49. The van der Waals surface area contributed by atoms with Gasteiger partial charge < -0.3 is 22.1 Å². The monoisotopic (exact) mass is 333 g/mol. The Balaban J connectivity index is 1.90. The van der Waals surface area contributed by atoms with Crippen LogP contribution in [0.25, 0.3) is 0 Å². The van der Waals surface area contributed by atoms with E-state index in [1.165, 1.54) is 17.7 Å². The summed E-state index contributed by atoms with van der Waals surface area (Å²) in [6.45, 7) is 1.85. The average Bonchev–Trinajstić information content (AvgIpc) is 3.15. The number of anilines is 3. The summed E-state index contributed by atoms with van der Waals surface area (Å²) >= 11 is 1.23. The van der Waals surface area contributed by atoms with Crippen LogP contribution in [-0.2, 0) is 4.79 Å². The van der Waals surface area contributed by atoms with Gasteiger partial charge in [0.25, 0.3) is 5.91 Å². The Labute approximate surface area is 135 Å². The molecule has 0 aromatic carbocycles. The van der Waals surface area contributed by atoms with Crippen LogP contribution in [0, 0.1) is 6.92 Å². The minimum absolute atomic E-state index is 0.00512. The van der Waals surface area contributed by atoms with E-state index in [1.54, 1.807) is 0 Å². The number of hydrogen-bond donors (Lipinski definition) is 4. The van der Waals surface area contributed by atoms with Crippen molar-refractivity contribution in [2.24, 2.45) is 11.5 Å². The van der Waals surface area contributed by atoms with Gasteiger partial charge in [-0.15, -0.1) is 0 Å². The van der Waals surface area contributed by atoms with E-state index < -0.39 is 17.4 Å². The molecule has 9 nitrogen and oxygen atoms in total. The number of primary amides is 2. The van der Waals surface area contributed by atoms with E-state index in [0.717, 1.165) is 5.69 Å². The number of nitrogens with one attached hydrogen (secondary N) is 2. The molecule has 120 valence electrons. The molecule has 1 aliphatic carbocycles. The van der Waals surface area contributed by atoms with Gasteiger partial charge in [-0.25, -0.2) is 9.97 Å². The molecule has 0 aliphatic heterocycles. The molecular formula is C13H15N7O2S. The van der Waals surface area contributed by atoms with Crippen molar-refractivity contribution < 1.29 is 9.59 Å². The molecule has 2 aromatic heterocycles. The predicted molar refractivity (Wildman–Crippen MR) is 85.5 cm³/mol. The van der Waals surface area contributed by atoms with Gasteiger partial charge in [0.05, 0.1) is 11.9 Å². The van der Waals surface area contributed by atoms with E-state index >= 15 is 0 Å². The third kappa shape index (κ3) is 3.06. The molecule has 0 spiro atoms. The van der Waals surface area contributed by atoms with E-state index in [1.807, 2.05) is 13.0 Å². The third-order valence-corrected chi connectivity index (χ3v) is 4.26. The largest absolute Gasteiger partial charge is 0.368 e. The van der Waals surface area contributed by atoms with E-state index in [-0.39, 0.29) is 11.5 Å². The lowest BCUT2D eigenvalue weighted by Crippen LogP contribution is -2.38. The average molecular weight is 333 g/mol. The minimum atomic E-state index is -0.777. The fourth-order valence-corrected chi connectivity index (χ4v) is 2.72. The maximum atomic E-state index is 11.5. The first-order valence-electron chi connectivity index (χ1n) is 6.85. The first-order valence-corrected chi connectivity index (χ1v) is 7.62. The number of carbonyl (C=O) groups excluding carboxylic acids is 2. The highest BCUT2D eigenvalue weighted by molar-refractivity contribution is 7.10. The molecule has 2 amide bonds. The summed E-state index contributed by atoms with van der Waals surface area (Å²) in [7, 11) is 0. The second-order valence-corrected chi connectivity index (χ2v) is 6.15. The van der Waals surface area contributed by atoms with Gasteiger partial charge in [0.15, 0.2) is 11.5 Å². The zero-order valence-corrected chi connectivity index (χ0v) is 13.1. The van der Waals surface area contributed by atoms with Crippen LogP contribution < -0.4 is 22.1 Å². The number of rotatable bonds is 6. The maximum Gasteiger partial charge on any atom is 0.271 e. The highest BCUT2D eigenvalue weighted by atomic mass is 32.1. The lowest BCUT2D eigenvalue weighted by molar-refractivity contribution is -0.119. The van der Waals surface area contributed by atoms with Crippen LogP contribution >= 0.6 is 11.5 Å². The Kier molecular flexibility index (Phi) is 3.60. The summed E-state index contributed by atoms with van der Waals surface area (Å²) in [6.07, 6.45) is 2.63. The Hall–Kier alpha value is -2.75. The van der Waals surface area contributed by atoms with Crippen molar-refractivity contribution in [1.82, 2.24) is 14.3 Å². The van der Waals surface area contributed by atoms with Crippen LogP contribution in [0.1, 0.15) is 29.0 Å². The molecule has 0 unspecified atom stereocenters. The van der Waals surface area contributed by atoms with E-state index in [2.05, 4.69) is 25.0 Å². The summed E-state index contributed by atoms with van der Waals surface area (Å²) in [5.41, 5.74) is 10.8. The molecule has 1 aliphatic rings. The zero-order chi connectivity index (χ0) is 16.6. The fraction of sp³-hybridized carbons (Fsp3) is 0.308. The molecule has 0 atom stereocenters. The van der Waals surface area contributed by atoms with Gasteiger partial charge in [0.2, 0.25) is 5.91 Å². The van der Waals surface area contributed by atoms with Gasteiger partial charge in [-0.05, 0) is 37.4 Å². The van der Waals surface area contributed by atoms with Gasteiger partial charge in [0.1, 0.15) is 16.4 Å². The number of amides is 2. The Morgan fingerprint density at radius 1 is 1.35 bits per heavy atom. The van der Waals surface area contributed by atoms with Crippen LogP contribution in [0.3, 0.4) is 0 Å². The highest BCUT2D eigenvalue weighted by Crippen LogP contribution is 2.38. The van der Waals surface area contributed by atoms with Gasteiger partial charge in [-0.3, -0.25) is 9.59 Å². The second-order valence-electron chi connectivity index (χ2n) is 5.35. The molecule has 2 heterocycles. The standard InChI is InChI=1S/C13H15N7O2S/c1-6-4-8(23-20-6)18-11-9(10(14)21)16-5-7(17-11)19-13(2-3-13)12(15)22/h4-5H,2-3H2,1H3,(H2,14,21)(H2,15,22)(H2,17,18,19). The Bertz CT molecular complexity index is 784. The Morgan fingerprint density at radius 2 is 2.09 bits per heavy atom. The molecule has 23 heavy (non-hydrogen) atoms. The maximum absolute atomic E-state index is 11.5. The molecule has 0 saturated heterocycles. The van der Waals surface area contributed by atoms with Crippen LogP contribution in [0.5, 0.6) is 0 Å². The predicted octanol–water partition coefficient (Wildman–Crippen LogP) is 0.514. The van der Waals surface area contributed by atoms with E-state index in [4.69, 9.17) is 11.5 Å². The number of carbonyl (C=O) groups is 2. The van der Waals surface area contributed by atoms with Crippen molar-refractivity contribution in [3.8, 4) is 0 Å². The summed E-state index contributed by atoms with van der Waals surface area (Å²) in [6, 6.07) is 1.81. The minimum Gasteiger partial charge on any atom is -0.368 e. The van der Waals surface area contributed by atoms with Crippen molar-refractivity contribution in [1.29, 1.82) is 0 Å². The quantitative estimate of drug-likeness (QED) is 0.601. The van der Waals surface area contributed by atoms with Crippen molar-refractivity contribution in [2.45, 2.75) is 25.3 Å². The topological polar surface area (TPSA) is 149 Å². The van der Waals surface area contributed by atoms with E-state index in [0.29, 0.717) is 23.7 Å². The van der Waals surface area contributed by atoms with Crippen molar-refractivity contribution >= 4 is 40.0 Å². The fourth-order valence-electron chi connectivity index (χ4n) is 2.06. The third-order valence-electron chi connectivity index (χ3n) is 3.46.